The second kappa shape index (κ2) is 3.24. The highest BCUT2D eigenvalue weighted by Gasteiger charge is 2.42. The van der Waals surface area contributed by atoms with Crippen LogP contribution in [-0.4, -0.2) is 11.0 Å². The van der Waals surface area contributed by atoms with E-state index in [1.54, 1.807) is 12.1 Å². The lowest BCUT2D eigenvalue weighted by Crippen LogP contribution is -2.21. The lowest BCUT2D eigenvalue weighted by atomic mass is 10.0. The number of carbonyl (C=O) groups excluding carboxylic acids is 1. The smallest absolute Gasteiger partial charge is 0.221 e. The number of nitrogens with two attached hydrogens (primary N) is 1. The fraction of sp³-hybridized carbons (Fsp3) is 0.364. The number of phenols is 1. The number of phenolic OH excluding ortho intramolecular Hbond substituents is 1. The number of hydrogen-bond acceptors (Lipinski definition) is 3. The van der Waals surface area contributed by atoms with Gasteiger partial charge in [0.15, 0.2) is 0 Å². The monoisotopic (exact) mass is 206 g/mol. The molecule has 1 aliphatic rings. The van der Waals surface area contributed by atoms with E-state index < -0.39 is 0 Å². The summed E-state index contributed by atoms with van der Waals surface area (Å²) in [6.07, 6.45) is 1.78. The largest absolute Gasteiger partial charge is 0.506 e. The summed E-state index contributed by atoms with van der Waals surface area (Å²) in [7, 11) is 0. The van der Waals surface area contributed by atoms with Crippen molar-refractivity contribution in [2.75, 3.05) is 5.32 Å². The van der Waals surface area contributed by atoms with Gasteiger partial charge in [0.2, 0.25) is 5.91 Å². The van der Waals surface area contributed by atoms with Crippen LogP contribution >= 0.6 is 0 Å². The first-order valence-corrected chi connectivity index (χ1v) is 4.92. The Labute approximate surface area is 88.1 Å². The molecular weight excluding hydrogens is 192 g/mol. The Morgan fingerprint density at radius 2 is 2.20 bits per heavy atom. The second-order valence-corrected chi connectivity index (χ2v) is 4.04. The number of carbonyl (C=O) groups is 1. The van der Waals surface area contributed by atoms with Crippen molar-refractivity contribution in [3.8, 4) is 5.75 Å². The standard InChI is InChI=1S/C11H14N2O2/c1-7(14)13-10-8(11(12)5-6-11)3-2-4-9(10)15/h2-4,15H,5-6,12H2,1H3,(H,13,14). The van der Waals surface area contributed by atoms with Crippen molar-refractivity contribution in [1.82, 2.24) is 0 Å². The summed E-state index contributed by atoms with van der Waals surface area (Å²) in [5, 5.41) is 12.3. The van der Waals surface area contributed by atoms with Gasteiger partial charge in [-0.3, -0.25) is 4.79 Å². The molecule has 0 saturated heterocycles. The molecule has 4 N–H and O–H groups in total. The number of hydrogen-bond donors (Lipinski definition) is 3. The van der Waals surface area contributed by atoms with Gasteiger partial charge in [0, 0.05) is 12.5 Å². The zero-order chi connectivity index (χ0) is 11.1. The molecule has 4 heteroatoms. The van der Waals surface area contributed by atoms with Crippen molar-refractivity contribution in [3.05, 3.63) is 23.8 Å². The van der Waals surface area contributed by atoms with Gasteiger partial charge in [-0.25, -0.2) is 0 Å². The van der Waals surface area contributed by atoms with E-state index in [-0.39, 0.29) is 17.2 Å². The fourth-order valence-electron chi connectivity index (χ4n) is 1.67. The molecule has 1 saturated carbocycles. The van der Waals surface area contributed by atoms with Gasteiger partial charge >= 0.3 is 0 Å². The summed E-state index contributed by atoms with van der Waals surface area (Å²) in [6, 6.07) is 5.13. The quantitative estimate of drug-likeness (QED) is 0.638. The molecule has 1 aromatic rings. The van der Waals surface area contributed by atoms with Gasteiger partial charge in [0.1, 0.15) is 5.75 Å². The predicted molar refractivity (Wildman–Crippen MR) is 57.5 cm³/mol. The summed E-state index contributed by atoms with van der Waals surface area (Å²) in [5.74, 6) is -0.138. The molecule has 1 aliphatic carbocycles. The molecule has 0 atom stereocenters. The van der Waals surface area contributed by atoms with Gasteiger partial charge in [-0.05, 0) is 24.5 Å². The van der Waals surface area contributed by atoms with E-state index in [0.717, 1.165) is 18.4 Å². The fourth-order valence-corrected chi connectivity index (χ4v) is 1.67. The van der Waals surface area contributed by atoms with Gasteiger partial charge < -0.3 is 16.2 Å². The first-order chi connectivity index (χ1) is 7.03. The SMILES string of the molecule is CC(=O)Nc1c(O)cccc1C1(N)CC1. The number of rotatable bonds is 2. The summed E-state index contributed by atoms with van der Waals surface area (Å²) < 4.78 is 0. The van der Waals surface area contributed by atoms with Crippen LogP contribution in [-0.2, 0) is 10.3 Å². The Balaban J connectivity index is 2.44. The second-order valence-electron chi connectivity index (χ2n) is 4.04. The Bertz CT molecular complexity index is 411. The highest BCUT2D eigenvalue weighted by molar-refractivity contribution is 5.91. The number of para-hydroxylation sites is 1. The molecule has 15 heavy (non-hydrogen) atoms. The highest BCUT2D eigenvalue weighted by Crippen LogP contribution is 2.47. The van der Waals surface area contributed by atoms with E-state index in [2.05, 4.69) is 5.32 Å². The van der Waals surface area contributed by atoms with E-state index >= 15 is 0 Å². The molecule has 1 fully saturated rings. The van der Waals surface area contributed by atoms with Crippen LogP contribution in [0.1, 0.15) is 25.3 Å². The Morgan fingerprint density at radius 3 is 2.73 bits per heavy atom. The van der Waals surface area contributed by atoms with Crippen LogP contribution in [0.3, 0.4) is 0 Å². The maximum Gasteiger partial charge on any atom is 0.221 e. The van der Waals surface area contributed by atoms with Crippen molar-refractivity contribution in [2.45, 2.75) is 25.3 Å². The minimum atomic E-state index is -0.365. The Morgan fingerprint density at radius 1 is 1.53 bits per heavy atom. The molecule has 0 spiro atoms. The molecule has 80 valence electrons. The van der Waals surface area contributed by atoms with Crippen LogP contribution in [0.15, 0.2) is 18.2 Å². The molecule has 0 aliphatic heterocycles. The third-order valence-electron chi connectivity index (χ3n) is 2.67. The van der Waals surface area contributed by atoms with E-state index in [0.29, 0.717) is 5.69 Å². The number of benzene rings is 1. The van der Waals surface area contributed by atoms with Crippen molar-refractivity contribution >= 4 is 11.6 Å². The molecule has 1 amide bonds. The number of aromatic hydroxyl groups is 1. The average Bonchev–Trinajstić information content (AvgIpc) is 2.88. The molecule has 0 unspecified atom stereocenters. The third kappa shape index (κ3) is 1.80. The zero-order valence-corrected chi connectivity index (χ0v) is 8.58. The lowest BCUT2D eigenvalue weighted by molar-refractivity contribution is -0.114. The van der Waals surface area contributed by atoms with Gasteiger partial charge in [-0.15, -0.1) is 0 Å². The van der Waals surface area contributed by atoms with Gasteiger partial charge in [0.05, 0.1) is 5.69 Å². The van der Waals surface area contributed by atoms with Crippen LogP contribution in [0, 0.1) is 0 Å². The van der Waals surface area contributed by atoms with Crippen molar-refractivity contribution in [2.24, 2.45) is 5.73 Å². The maximum atomic E-state index is 11.0. The van der Waals surface area contributed by atoms with Gasteiger partial charge in [-0.1, -0.05) is 12.1 Å². The number of nitrogens with one attached hydrogen (secondary N) is 1. The number of anilines is 1. The van der Waals surface area contributed by atoms with Crippen LogP contribution in [0.5, 0.6) is 5.75 Å². The summed E-state index contributed by atoms with van der Waals surface area (Å²) >= 11 is 0. The summed E-state index contributed by atoms with van der Waals surface area (Å²) in [5.41, 5.74) is 6.95. The number of amides is 1. The minimum Gasteiger partial charge on any atom is -0.506 e. The van der Waals surface area contributed by atoms with E-state index in [1.807, 2.05) is 6.07 Å². The molecule has 0 bridgehead atoms. The molecular formula is C11H14N2O2. The predicted octanol–water partition coefficient (Wildman–Crippen LogP) is 1.30. The van der Waals surface area contributed by atoms with Crippen molar-refractivity contribution in [1.29, 1.82) is 0 Å². The minimum absolute atomic E-state index is 0.0689. The molecule has 2 rings (SSSR count). The topological polar surface area (TPSA) is 75.3 Å². The van der Waals surface area contributed by atoms with Crippen LogP contribution in [0.25, 0.3) is 0 Å². The maximum absolute atomic E-state index is 11.0. The Hall–Kier alpha value is -1.55. The van der Waals surface area contributed by atoms with Crippen LogP contribution < -0.4 is 11.1 Å². The molecule has 0 heterocycles. The Kier molecular flexibility index (Phi) is 2.16. The first-order valence-electron chi connectivity index (χ1n) is 4.92. The summed E-state index contributed by atoms with van der Waals surface area (Å²) in [4.78, 5) is 11.0. The molecule has 4 nitrogen and oxygen atoms in total. The average molecular weight is 206 g/mol. The van der Waals surface area contributed by atoms with Crippen LogP contribution in [0.2, 0.25) is 0 Å². The van der Waals surface area contributed by atoms with Crippen LogP contribution in [0.4, 0.5) is 5.69 Å². The van der Waals surface area contributed by atoms with Gasteiger partial charge in [-0.2, -0.15) is 0 Å². The molecule has 0 aromatic heterocycles. The molecule has 1 aromatic carbocycles. The first kappa shape index (κ1) is 9.98. The molecule has 0 radical (unpaired) electrons. The van der Waals surface area contributed by atoms with E-state index in [4.69, 9.17) is 5.73 Å². The van der Waals surface area contributed by atoms with Crippen molar-refractivity contribution in [3.63, 3.8) is 0 Å². The normalized spacial score (nSPS) is 17.2. The van der Waals surface area contributed by atoms with E-state index in [9.17, 15) is 9.90 Å². The highest BCUT2D eigenvalue weighted by atomic mass is 16.3. The lowest BCUT2D eigenvalue weighted by Gasteiger charge is -2.16. The summed E-state index contributed by atoms with van der Waals surface area (Å²) in [6.45, 7) is 1.41. The van der Waals surface area contributed by atoms with Crippen molar-refractivity contribution < 1.29 is 9.90 Å². The third-order valence-corrected chi connectivity index (χ3v) is 2.67. The van der Waals surface area contributed by atoms with Gasteiger partial charge in [0.25, 0.3) is 0 Å². The zero-order valence-electron chi connectivity index (χ0n) is 8.58. The van der Waals surface area contributed by atoms with E-state index in [1.165, 1.54) is 6.92 Å².